The zero-order valence-electron chi connectivity index (χ0n) is 14.4. The topological polar surface area (TPSA) is 131 Å². The molecule has 1 rings (SSSR count). The highest BCUT2D eigenvalue weighted by molar-refractivity contribution is 6.05. The largest absolute Gasteiger partial charge is 0.471 e. The van der Waals surface area contributed by atoms with Crippen molar-refractivity contribution < 1.29 is 55.1 Å². The Kier molecular flexibility index (Phi) is 7.96. The van der Waals surface area contributed by atoms with Crippen molar-refractivity contribution in [1.82, 2.24) is 16.0 Å². The van der Waals surface area contributed by atoms with Gasteiger partial charge < -0.3 is 15.4 Å². The highest BCUT2D eigenvalue weighted by Gasteiger charge is 2.42. The van der Waals surface area contributed by atoms with Gasteiger partial charge in [-0.3, -0.25) is 24.5 Å². The molecule has 0 spiro atoms. The molecule has 1 aliphatic rings. The highest BCUT2D eigenvalue weighted by Crippen LogP contribution is 2.17. The van der Waals surface area contributed by atoms with Crippen LogP contribution in [0.25, 0.3) is 0 Å². The third-order valence-corrected chi connectivity index (χ3v) is 3.49. The van der Waals surface area contributed by atoms with E-state index in [2.05, 4.69) is 4.74 Å². The lowest BCUT2D eigenvalue weighted by atomic mass is 10.1. The van der Waals surface area contributed by atoms with Gasteiger partial charge in [0.15, 0.2) is 6.10 Å². The maximum absolute atomic E-state index is 12.4. The van der Waals surface area contributed by atoms with E-state index in [1.807, 2.05) is 0 Å². The van der Waals surface area contributed by atoms with Gasteiger partial charge in [0.1, 0.15) is 6.04 Å². The fourth-order valence-electron chi connectivity index (χ4n) is 2.11. The second-order valence-corrected chi connectivity index (χ2v) is 5.82. The average molecular weight is 435 g/mol. The minimum atomic E-state index is -5.33. The molecule has 0 bridgehead atoms. The zero-order chi connectivity index (χ0) is 22.4. The molecule has 0 aromatic rings. The van der Waals surface area contributed by atoms with E-state index in [9.17, 15) is 50.3 Å². The van der Waals surface area contributed by atoms with Crippen LogP contribution in [-0.2, 0) is 28.7 Å². The molecule has 4 amide bonds. The van der Waals surface area contributed by atoms with Crippen LogP contribution in [0.4, 0.5) is 26.3 Å². The summed E-state index contributed by atoms with van der Waals surface area (Å²) in [5.74, 6) is -7.88. The Morgan fingerprint density at radius 2 is 1.62 bits per heavy atom. The van der Waals surface area contributed by atoms with Gasteiger partial charge in [-0.15, -0.1) is 0 Å². The predicted molar refractivity (Wildman–Crippen MR) is 78.5 cm³/mol. The molecule has 0 aliphatic carbocycles. The van der Waals surface area contributed by atoms with E-state index >= 15 is 0 Å². The minimum Gasteiger partial charge on any atom is -0.450 e. The van der Waals surface area contributed by atoms with E-state index in [0.717, 1.165) is 0 Å². The van der Waals surface area contributed by atoms with Gasteiger partial charge in [-0.2, -0.15) is 26.3 Å². The molecular formula is C14H15F6N3O6. The molecule has 1 saturated heterocycles. The van der Waals surface area contributed by atoms with Crippen LogP contribution in [0.5, 0.6) is 0 Å². The van der Waals surface area contributed by atoms with Crippen LogP contribution in [-0.4, -0.2) is 60.6 Å². The normalized spacial score (nSPS) is 18.1. The lowest BCUT2D eigenvalue weighted by Crippen LogP contribution is -2.48. The summed E-state index contributed by atoms with van der Waals surface area (Å²) in [4.78, 5) is 56.1. The van der Waals surface area contributed by atoms with Gasteiger partial charge in [0, 0.05) is 6.54 Å². The van der Waals surface area contributed by atoms with Gasteiger partial charge in [0.25, 0.3) is 5.91 Å². The number of carbonyl (C=O) groups is 5. The summed E-state index contributed by atoms with van der Waals surface area (Å²) < 4.78 is 77.9. The van der Waals surface area contributed by atoms with E-state index < -0.39 is 73.5 Å². The molecule has 3 N–H and O–H groups in total. The molecule has 1 aliphatic heterocycles. The second-order valence-electron chi connectivity index (χ2n) is 5.82. The number of carbonyl (C=O) groups excluding carboxylic acids is 5. The summed E-state index contributed by atoms with van der Waals surface area (Å²) in [6.45, 7) is -0.493. The van der Waals surface area contributed by atoms with E-state index in [4.69, 9.17) is 0 Å². The van der Waals surface area contributed by atoms with Gasteiger partial charge in [-0.1, -0.05) is 0 Å². The molecule has 164 valence electrons. The molecule has 0 radical (unpaired) electrons. The Hall–Kier alpha value is -2.87. The number of esters is 1. The number of halogens is 6. The van der Waals surface area contributed by atoms with Crippen LogP contribution in [0.2, 0.25) is 0 Å². The smallest absolute Gasteiger partial charge is 0.450 e. The van der Waals surface area contributed by atoms with Crippen LogP contribution in [0.3, 0.4) is 0 Å². The Balaban J connectivity index is 2.62. The number of imide groups is 1. The monoisotopic (exact) mass is 435 g/mol. The van der Waals surface area contributed by atoms with Crippen LogP contribution >= 0.6 is 0 Å². The van der Waals surface area contributed by atoms with E-state index in [-0.39, 0.29) is 12.8 Å². The minimum absolute atomic E-state index is 0.171. The molecule has 1 heterocycles. The zero-order valence-corrected chi connectivity index (χ0v) is 14.4. The van der Waals surface area contributed by atoms with Gasteiger partial charge in [-0.05, 0) is 19.3 Å². The highest BCUT2D eigenvalue weighted by atomic mass is 19.4. The first-order valence-corrected chi connectivity index (χ1v) is 7.98. The van der Waals surface area contributed by atoms with Crippen LogP contribution < -0.4 is 16.0 Å². The quantitative estimate of drug-likeness (QED) is 0.210. The lowest BCUT2D eigenvalue weighted by molar-refractivity contribution is -0.176. The Labute approximate surface area is 158 Å². The van der Waals surface area contributed by atoms with Gasteiger partial charge in [0.2, 0.25) is 5.91 Å². The number of rotatable bonds is 8. The molecule has 29 heavy (non-hydrogen) atoms. The van der Waals surface area contributed by atoms with Gasteiger partial charge in [0.05, 0.1) is 6.42 Å². The maximum atomic E-state index is 12.4. The summed E-state index contributed by atoms with van der Waals surface area (Å²) in [6.07, 6.45) is -13.4. The molecular weight excluding hydrogens is 420 g/mol. The van der Waals surface area contributed by atoms with Crippen LogP contribution in [0.1, 0.15) is 25.7 Å². The number of hydrogen-bond acceptors (Lipinski definition) is 6. The predicted octanol–water partition coefficient (Wildman–Crippen LogP) is -0.159. The maximum Gasteiger partial charge on any atom is 0.471 e. The number of amides is 4. The third kappa shape index (κ3) is 7.95. The molecule has 0 aromatic heterocycles. The van der Waals surface area contributed by atoms with Gasteiger partial charge in [-0.25, -0.2) is 4.79 Å². The van der Waals surface area contributed by atoms with Gasteiger partial charge >= 0.3 is 30.1 Å². The number of unbranched alkanes of at least 4 members (excludes halogenated alkanes) is 1. The van der Waals surface area contributed by atoms with E-state index in [0.29, 0.717) is 0 Å². The van der Waals surface area contributed by atoms with Crippen LogP contribution in [0.15, 0.2) is 0 Å². The fraction of sp³-hybridized carbons (Fsp3) is 0.643. The van der Waals surface area contributed by atoms with Crippen molar-refractivity contribution in [2.75, 3.05) is 6.54 Å². The summed E-state index contributed by atoms with van der Waals surface area (Å²) in [7, 11) is 0. The molecule has 0 aromatic carbocycles. The van der Waals surface area contributed by atoms with Crippen LogP contribution in [0, 0.1) is 0 Å². The van der Waals surface area contributed by atoms with E-state index in [1.54, 1.807) is 5.32 Å². The Morgan fingerprint density at radius 3 is 2.10 bits per heavy atom. The Morgan fingerprint density at radius 1 is 1.03 bits per heavy atom. The summed E-state index contributed by atoms with van der Waals surface area (Å²) in [6, 6.07) is -1.88. The summed E-state index contributed by atoms with van der Waals surface area (Å²) in [5.41, 5.74) is 0. The standard InChI is InChI=1S/C14H15F6N3O6/c15-13(16,17)11(27)21-4-2-1-3-6(22-12(28)14(18,19)20)10(26)29-7-5-8(24)23-9(7)25/h6-7H,1-5H2,(H,21,27)(H,22,28)(H,23,24,25)/t6-,7?/m0/s1. The SMILES string of the molecule is O=C1CC(OC(=O)[C@H](CCCCNC(=O)C(F)(F)F)NC(=O)C(F)(F)F)C(=O)N1. The molecule has 1 fully saturated rings. The first-order chi connectivity index (χ1) is 13.2. The van der Waals surface area contributed by atoms with Crippen molar-refractivity contribution in [2.24, 2.45) is 0 Å². The third-order valence-electron chi connectivity index (χ3n) is 3.49. The molecule has 15 heteroatoms. The van der Waals surface area contributed by atoms with Crippen molar-refractivity contribution in [3.63, 3.8) is 0 Å². The van der Waals surface area contributed by atoms with Crippen molar-refractivity contribution in [3.8, 4) is 0 Å². The summed E-state index contributed by atoms with van der Waals surface area (Å²) in [5, 5.41) is 4.68. The first kappa shape index (κ1) is 24.2. The van der Waals surface area contributed by atoms with Crippen molar-refractivity contribution in [1.29, 1.82) is 0 Å². The number of nitrogens with one attached hydrogen (secondary N) is 3. The number of alkyl halides is 6. The van der Waals surface area contributed by atoms with Crippen molar-refractivity contribution in [3.05, 3.63) is 0 Å². The van der Waals surface area contributed by atoms with Crippen molar-refractivity contribution in [2.45, 2.75) is 50.2 Å². The van der Waals surface area contributed by atoms with Crippen molar-refractivity contribution >= 4 is 29.6 Å². The first-order valence-electron chi connectivity index (χ1n) is 7.98. The second kappa shape index (κ2) is 9.56. The molecule has 0 saturated carbocycles. The Bertz CT molecular complexity index is 678. The fourth-order valence-corrected chi connectivity index (χ4v) is 2.11. The molecule has 9 nitrogen and oxygen atoms in total. The molecule has 1 unspecified atom stereocenters. The lowest BCUT2D eigenvalue weighted by Gasteiger charge is -2.20. The number of hydrogen-bond donors (Lipinski definition) is 3. The average Bonchev–Trinajstić information content (AvgIpc) is 2.88. The molecule has 2 atom stereocenters. The number of ether oxygens (including phenoxy) is 1. The van der Waals surface area contributed by atoms with E-state index in [1.165, 1.54) is 10.6 Å². The summed E-state index contributed by atoms with van der Waals surface area (Å²) >= 11 is 0.